The maximum atomic E-state index is 12.7. The molecule has 1 aromatic heterocycles. The summed E-state index contributed by atoms with van der Waals surface area (Å²) in [6.45, 7) is 1.94. The highest BCUT2D eigenvalue weighted by atomic mass is 16.5. The maximum Gasteiger partial charge on any atom is 0.328 e. The molecule has 0 aliphatic carbocycles. The number of rotatable bonds is 4. The lowest BCUT2D eigenvalue weighted by Gasteiger charge is -2.21. The number of methoxy groups -OCH3 is 1. The summed E-state index contributed by atoms with van der Waals surface area (Å²) in [4.78, 5) is 37.1. The fourth-order valence-electron chi connectivity index (χ4n) is 3.06. The second-order valence-electron chi connectivity index (χ2n) is 6.10. The molecule has 1 N–H and O–H groups in total. The highest BCUT2D eigenvalue weighted by Crippen LogP contribution is 2.27. The van der Waals surface area contributed by atoms with E-state index >= 15 is 0 Å². The SMILES string of the molecule is COC(=O)[C@@H]1CCCN1C(=O)c1ccc(-c2ccc(NC(C)=O)cc2)o1. The molecule has 1 saturated heterocycles. The first-order valence-corrected chi connectivity index (χ1v) is 8.36. The van der Waals surface area contributed by atoms with Gasteiger partial charge in [0.2, 0.25) is 5.91 Å². The van der Waals surface area contributed by atoms with Gasteiger partial charge in [0.25, 0.3) is 5.91 Å². The second kappa shape index (κ2) is 7.43. The van der Waals surface area contributed by atoms with Crippen LogP contribution in [0.2, 0.25) is 0 Å². The Bertz CT molecular complexity index is 825. The molecule has 7 nitrogen and oxygen atoms in total. The van der Waals surface area contributed by atoms with E-state index in [0.717, 1.165) is 12.0 Å². The van der Waals surface area contributed by atoms with Crippen LogP contribution in [0.15, 0.2) is 40.8 Å². The topological polar surface area (TPSA) is 88.9 Å². The predicted octanol–water partition coefficient (Wildman–Crippen LogP) is 2.68. The molecule has 1 aliphatic rings. The van der Waals surface area contributed by atoms with Gasteiger partial charge in [0.1, 0.15) is 11.8 Å². The molecule has 1 aromatic carbocycles. The number of ether oxygens (including phenoxy) is 1. The van der Waals surface area contributed by atoms with Crippen LogP contribution in [0.1, 0.15) is 30.3 Å². The van der Waals surface area contributed by atoms with Gasteiger partial charge in [0.15, 0.2) is 5.76 Å². The Morgan fingerprint density at radius 2 is 1.88 bits per heavy atom. The highest BCUT2D eigenvalue weighted by Gasteiger charge is 2.36. The molecule has 7 heteroatoms. The van der Waals surface area contributed by atoms with Crippen molar-refractivity contribution in [2.75, 3.05) is 19.0 Å². The lowest BCUT2D eigenvalue weighted by atomic mass is 10.1. The minimum absolute atomic E-state index is 0.144. The first kappa shape index (κ1) is 17.7. The Morgan fingerprint density at radius 1 is 1.15 bits per heavy atom. The quantitative estimate of drug-likeness (QED) is 0.851. The molecule has 2 aromatic rings. The number of hydrogen-bond donors (Lipinski definition) is 1. The third kappa shape index (κ3) is 3.61. The zero-order chi connectivity index (χ0) is 18.7. The summed E-state index contributed by atoms with van der Waals surface area (Å²) in [5.74, 6) is -0.150. The zero-order valence-corrected chi connectivity index (χ0v) is 14.7. The van der Waals surface area contributed by atoms with Crippen LogP contribution in [0.5, 0.6) is 0 Å². The molecule has 0 saturated carbocycles. The Kier molecular flexibility index (Phi) is 5.06. The minimum Gasteiger partial charge on any atom is -0.467 e. The van der Waals surface area contributed by atoms with Crippen molar-refractivity contribution < 1.29 is 23.5 Å². The number of carbonyl (C=O) groups excluding carboxylic acids is 3. The van der Waals surface area contributed by atoms with Gasteiger partial charge in [-0.25, -0.2) is 4.79 Å². The van der Waals surface area contributed by atoms with Crippen molar-refractivity contribution in [1.82, 2.24) is 4.90 Å². The van der Waals surface area contributed by atoms with Gasteiger partial charge in [-0.15, -0.1) is 0 Å². The summed E-state index contributed by atoms with van der Waals surface area (Å²) in [5, 5.41) is 2.69. The lowest BCUT2D eigenvalue weighted by Crippen LogP contribution is -2.40. The zero-order valence-electron chi connectivity index (χ0n) is 14.7. The molecule has 2 amide bonds. The molecule has 136 valence electrons. The third-order valence-corrected chi connectivity index (χ3v) is 4.29. The van der Waals surface area contributed by atoms with E-state index in [1.807, 2.05) is 0 Å². The van der Waals surface area contributed by atoms with Crippen molar-refractivity contribution in [3.63, 3.8) is 0 Å². The van der Waals surface area contributed by atoms with Gasteiger partial charge in [-0.05, 0) is 49.2 Å². The predicted molar refractivity (Wildman–Crippen MR) is 94.5 cm³/mol. The number of benzene rings is 1. The number of furan rings is 1. The maximum absolute atomic E-state index is 12.7. The van der Waals surface area contributed by atoms with Crippen molar-refractivity contribution in [3.05, 3.63) is 42.2 Å². The Balaban J connectivity index is 1.76. The fourth-order valence-corrected chi connectivity index (χ4v) is 3.06. The molecule has 0 unspecified atom stereocenters. The largest absolute Gasteiger partial charge is 0.467 e. The van der Waals surface area contributed by atoms with Crippen LogP contribution in [-0.4, -0.2) is 42.4 Å². The van der Waals surface area contributed by atoms with Crippen molar-refractivity contribution in [1.29, 1.82) is 0 Å². The number of esters is 1. The summed E-state index contributed by atoms with van der Waals surface area (Å²) >= 11 is 0. The molecular formula is C19H20N2O5. The Labute approximate surface area is 150 Å². The number of nitrogens with one attached hydrogen (secondary N) is 1. The standard InChI is InChI=1S/C19H20N2O5/c1-12(22)20-14-7-5-13(6-8-14)16-9-10-17(26-16)18(23)21-11-3-4-15(21)19(24)25-2/h5-10,15H,3-4,11H2,1-2H3,(H,20,22)/t15-/m0/s1. The van der Waals surface area contributed by atoms with Gasteiger partial charge in [-0.1, -0.05) is 0 Å². The van der Waals surface area contributed by atoms with Gasteiger partial charge >= 0.3 is 5.97 Å². The van der Waals surface area contributed by atoms with E-state index in [0.29, 0.717) is 24.4 Å². The molecule has 26 heavy (non-hydrogen) atoms. The van der Waals surface area contributed by atoms with Gasteiger partial charge in [0.05, 0.1) is 7.11 Å². The van der Waals surface area contributed by atoms with Gasteiger partial charge < -0.3 is 19.4 Å². The van der Waals surface area contributed by atoms with Crippen molar-refractivity contribution in [3.8, 4) is 11.3 Å². The summed E-state index contributed by atoms with van der Waals surface area (Å²) in [7, 11) is 1.32. The normalized spacial score (nSPS) is 16.4. The molecule has 1 aliphatic heterocycles. The van der Waals surface area contributed by atoms with E-state index in [1.165, 1.54) is 18.9 Å². The molecular weight excluding hydrogens is 336 g/mol. The third-order valence-electron chi connectivity index (χ3n) is 4.29. The van der Waals surface area contributed by atoms with Crippen LogP contribution in [0.3, 0.4) is 0 Å². The molecule has 0 radical (unpaired) electrons. The summed E-state index contributed by atoms with van der Waals surface area (Å²) < 4.78 is 10.5. The number of carbonyl (C=O) groups is 3. The molecule has 2 heterocycles. The van der Waals surface area contributed by atoms with Gasteiger partial charge in [0, 0.05) is 24.7 Å². The van der Waals surface area contributed by atoms with Gasteiger partial charge in [-0.2, -0.15) is 0 Å². The van der Waals surface area contributed by atoms with E-state index in [9.17, 15) is 14.4 Å². The average molecular weight is 356 g/mol. The summed E-state index contributed by atoms with van der Waals surface area (Å²) in [6, 6.07) is 9.87. The molecule has 3 rings (SSSR count). The van der Waals surface area contributed by atoms with E-state index in [2.05, 4.69) is 5.32 Å². The smallest absolute Gasteiger partial charge is 0.328 e. The van der Waals surface area contributed by atoms with E-state index in [4.69, 9.17) is 9.15 Å². The van der Waals surface area contributed by atoms with Crippen LogP contribution in [0, 0.1) is 0 Å². The van der Waals surface area contributed by atoms with Crippen molar-refractivity contribution >= 4 is 23.5 Å². The van der Waals surface area contributed by atoms with Gasteiger partial charge in [-0.3, -0.25) is 9.59 Å². The molecule has 0 spiro atoms. The number of amides is 2. The number of hydrogen-bond acceptors (Lipinski definition) is 5. The van der Waals surface area contributed by atoms with Crippen LogP contribution in [0.25, 0.3) is 11.3 Å². The Morgan fingerprint density at radius 3 is 2.54 bits per heavy atom. The van der Waals surface area contributed by atoms with E-state index in [-0.39, 0.29) is 17.6 Å². The van der Waals surface area contributed by atoms with Crippen LogP contribution in [0.4, 0.5) is 5.69 Å². The van der Waals surface area contributed by atoms with Crippen LogP contribution in [-0.2, 0) is 14.3 Å². The van der Waals surface area contributed by atoms with Crippen LogP contribution >= 0.6 is 0 Å². The monoisotopic (exact) mass is 356 g/mol. The second-order valence-corrected chi connectivity index (χ2v) is 6.10. The van der Waals surface area contributed by atoms with E-state index in [1.54, 1.807) is 36.4 Å². The van der Waals surface area contributed by atoms with E-state index < -0.39 is 12.0 Å². The first-order valence-electron chi connectivity index (χ1n) is 8.36. The van der Waals surface area contributed by atoms with Crippen LogP contribution < -0.4 is 5.32 Å². The molecule has 1 fully saturated rings. The van der Waals surface area contributed by atoms with Crippen molar-refractivity contribution in [2.45, 2.75) is 25.8 Å². The minimum atomic E-state index is -0.557. The summed E-state index contributed by atoms with van der Waals surface area (Å²) in [6.07, 6.45) is 1.35. The first-order chi connectivity index (χ1) is 12.5. The summed E-state index contributed by atoms with van der Waals surface area (Å²) in [5.41, 5.74) is 1.46. The number of likely N-dealkylation sites (tertiary alicyclic amines) is 1. The highest BCUT2D eigenvalue weighted by molar-refractivity contribution is 5.95. The Hall–Kier alpha value is -3.09. The number of nitrogens with zero attached hydrogens (tertiary/aromatic N) is 1. The molecule has 0 bridgehead atoms. The average Bonchev–Trinajstić information content (AvgIpc) is 3.30. The fraction of sp³-hybridized carbons (Fsp3) is 0.316. The molecule has 1 atom stereocenters. The lowest BCUT2D eigenvalue weighted by molar-refractivity contribution is -0.145. The van der Waals surface area contributed by atoms with Crippen molar-refractivity contribution in [2.24, 2.45) is 0 Å². The number of anilines is 1.